The van der Waals surface area contributed by atoms with Crippen LogP contribution in [0.25, 0.3) is 0 Å². The lowest BCUT2D eigenvalue weighted by molar-refractivity contribution is -0.148. The number of rotatable bonds is 8. The topological polar surface area (TPSA) is 81.7 Å². The number of carbonyl (C=O) groups is 3. The van der Waals surface area contributed by atoms with Crippen molar-refractivity contribution in [2.75, 3.05) is 13.2 Å². The summed E-state index contributed by atoms with van der Waals surface area (Å²) in [6.07, 6.45) is 0. The van der Waals surface area contributed by atoms with Crippen LogP contribution in [0.3, 0.4) is 0 Å². The lowest BCUT2D eigenvalue weighted by Gasteiger charge is -2.21. The number of halogens is 1. The number of hydrogen-bond acceptors (Lipinski definition) is 5. The SMILES string of the molecule is CC(C)C(NC(=O)c1ccccc1Br)C(=O)OCCOC(=O)c1ccccc1. The summed E-state index contributed by atoms with van der Waals surface area (Å²) >= 11 is 3.32. The highest BCUT2D eigenvalue weighted by Gasteiger charge is 2.26. The van der Waals surface area contributed by atoms with Crippen molar-refractivity contribution < 1.29 is 23.9 Å². The van der Waals surface area contributed by atoms with Crippen LogP contribution >= 0.6 is 15.9 Å². The predicted octanol–water partition coefficient (Wildman–Crippen LogP) is 3.60. The van der Waals surface area contributed by atoms with E-state index in [0.717, 1.165) is 0 Å². The van der Waals surface area contributed by atoms with Gasteiger partial charge in [0.15, 0.2) is 0 Å². The van der Waals surface area contributed by atoms with Crippen molar-refractivity contribution in [1.82, 2.24) is 5.32 Å². The molecular weight excluding hydrogens is 426 g/mol. The van der Waals surface area contributed by atoms with E-state index in [1.165, 1.54) is 0 Å². The summed E-state index contributed by atoms with van der Waals surface area (Å²) in [4.78, 5) is 36.6. The third-order valence-electron chi connectivity index (χ3n) is 3.90. The Morgan fingerprint density at radius 3 is 2.18 bits per heavy atom. The highest BCUT2D eigenvalue weighted by Crippen LogP contribution is 2.16. The van der Waals surface area contributed by atoms with E-state index >= 15 is 0 Å². The predicted molar refractivity (Wildman–Crippen MR) is 108 cm³/mol. The third kappa shape index (κ3) is 6.20. The molecule has 0 radical (unpaired) electrons. The highest BCUT2D eigenvalue weighted by atomic mass is 79.9. The first-order chi connectivity index (χ1) is 13.4. The van der Waals surface area contributed by atoms with Crippen molar-refractivity contribution in [2.45, 2.75) is 19.9 Å². The maximum Gasteiger partial charge on any atom is 0.338 e. The van der Waals surface area contributed by atoms with Gasteiger partial charge in [-0.3, -0.25) is 4.79 Å². The second-order valence-corrected chi connectivity index (χ2v) is 7.20. The van der Waals surface area contributed by atoms with E-state index in [1.807, 2.05) is 13.8 Å². The third-order valence-corrected chi connectivity index (χ3v) is 4.59. The molecule has 1 atom stereocenters. The number of hydrogen-bond donors (Lipinski definition) is 1. The lowest BCUT2D eigenvalue weighted by atomic mass is 10.0. The molecule has 0 heterocycles. The van der Waals surface area contributed by atoms with Crippen LogP contribution in [-0.2, 0) is 14.3 Å². The van der Waals surface area contributed by atoms with Crippen LogP contribution < -0.4 is 5.32 Å². The molecule has 7 heteroatoms. The monoisotopic (exact) mass is 447 g/mol. The number of ether oxygens (including phenoxy) is 2. The van der Waals surface area contributed by atoms with Gasteiger partial charge < -0.3 is 14.8 Å². The molecule has 2 rings (SSSR count). The number of nitrogens with one attached hydrogen (secondary N) is 1. The van der Waals surface area contributed by atoms with Crippen molar-refractivity contribution in [3.05, 3.63) is 70.2 Å². The Bertz CT molecular complexity index is 823. The molecule has 1 amide bonds. The van der Waals surface area contributed by atoms with Gasteiger partial charge in [0.25, 0.3) is 5.91 Å². The summed E-state index contributed by atoms with van der Waals surface area (Å²) < 4.78 is 10.9. The van der Waals surface area contributed by atoms with Gasteiger partial charge in [0.05, 0.1) is 11.1 Å². The number of carbonyl (C=O) groups excluding carboxylic acids is 3. The summed E-state index contributed by atoms with van der Waals surface area (Å²) in [5.74, 6) is -1.62. The molecule has 0 aromatic heterocycles. The minimum Gasteiger partial charge on any atom is -0.461 e. The van der Waals surface area contributed by atoms with Gasteiger partial charge in [0.1, 0.15) is 19.3 Å². The van der Waals surface area contributed by atoms with Crippen molar-refractivity contribution >= 4 is 33.8 Å². The van der Waals surface area contributed by atoms with Gasteiger partial charge in [-0.15, -0.1) is 0 Å². The average molecular weight is 448 g/mol. The zero-order valence-electron chi connectivity index (χ0n) is 15.7. The molecule has 0 fully saturated rings. The fourth-order valence-corrected chi connectivity index (χ4v) is 2.85. The normalized spacial score (nSPS) is 11.6. The van der Waals surface area contributed by atoms with E-state index < -0.39 is 18.0 Å². The Hall–Kier alpha value is -2.67. The first kappa shape index (κ1) is 21.6. The van der Waals surface area contributed by atoms with Crippen LogP contribution in [0.2, 0.25) is 0 Å². The molecule has 6 nitrogen and oxygen atoms in total. The van der Waals surface area contributed by atoms with Gasteiger partial charge in [0.2, 0.25) is 0 Å². The summed E-state index contributed by atoms with van der Waals surface area (Å²) in [7, 11) is 0. The van der Waals surface area contributed by atoms with Gasteiger partial charge in [0, 0.05) is 4.47 Å². The van der Waals surface area contributed by atoms with Gasteiger partial charge in [-0.1, -0.05) is 44.2 Å². The molecule has 0 saturated carbocycles. The zero-order chi connectivity index (χ0) is 20.5. The van der Waals surface area contributed by atoms with Crippen molar-refractivity contribution in [3.63, 3.8) is 0 Å². The van der Waals surface area contributed by atoms with Crippen LogP contribution in [0.1, 0.15) is 34.6 Å². The molecule has 148 valence electrons. The second-order valence-electron chi connectivity index (χ2n) is 6.34. The fourth-order valence-electron chi connectivity index (χ4n) is 2.39. The standard InChI is InChI=1S/C21H22BrNO5/c1-14(2)18(23-19(24)16-10-6-7-11-17(16)22)21(26)28-13-12-27-20(25)15-8-4-3-5-9-15/h3-11,14,18H,12-13H2,1-2H3,(H,23,24). The quantitative estimate of drug-likeness (QED) is 0.493. The van der Waals surface area contributed by atoms with Gasteiger partial charge in [-0.25, -0.2) is 9.59 Å². The average Bonchev–Trinajstić information content (AvgIpc) is 2.69. The maximum atomic E-state index is 12.4. The molecule has 28 heavy (non-hydrogen) atoms. The molecule has 0 aliphatic rings. The summed E-state index contributed by atoms with van der Waals surface area (Å²) in [5.41, 5.74) is 0.854. The van der Waals surface area contributed by atoms with Crippen molar-refractivity contribution in [3.8, 4) is 0 Å². The van der Waals surface area contributed by atoms with Gasteiger partial charge in [-0.2, -0.15) is 0 Å². The van der Waals surface area contributed by atoms with E-state index in [9.17, 15) is 14.4 Å². The fraction of sp³-hybridized carbons (Fsp3) is 0.286. The summed E-state index contributed by atoms with van der Waals surface area (Å²) in [5, 5.41) is 2.70. The van der Waals surface area contributed by atoms with Crippen molar-refractivity contribution in [2.24, 2.45) is 5.92 Å². The summed E-state index contributed by atoms with van der Waals surface area (Å²) in [6, 6.07) is 14.7. The Kier molecular flexibility index (Phi) is 8.19. The Labute approximate surface area is 172 Å². The largest absolute Gasteiger partial charge is 0.461 e. The number of esters is 2. The Morgan fingerprint density at radius 1 is 0.929 bits per heavy atom. The summed E-state index contributed by atoms with van der Waals surface area (Å²) in [6.45, 7) is 3.46. The molecule has 0 spiro atoms. The van der Waals surface area contributed by atoms with E-state index in [-0.39, 0.29) is 25.0 Å². The van der Waals surface area contributed by atoms with E-state index in [0.29, 0.717) is 15.6 Å². The molecule has 2 aromatic rings. The molecular formula is C21H22BrNO5. The molecule has 0 saturated heterocycles. The van der Waals surface area contributed by atoms with Crippen LogP contribution in [0, 0.1) is 5.92 Å². The lowest BCUT2D eigenvalue weighted by Crippen LogP contribution is -2.45. The zero-order valence-corrected chi connectivity index (χ0v) is 17.3. The van der Waals surface area contributed by atoms with Crippen LogP contribution in [0.4, 0.5) is 0 Å². The Balaban J connectivity index is 1.85. The van der Waals surface area contributed by atoms with Gasteiger partial charge in [-0.05, 0) is 46.1 Å². The van der Waals surface area contributed by atoms with E-state index in [2.05, 4.69) is 21.2 Å². The smallest absolute Gasteiger partial charge is 0.338 e. The highest BCUT2D eigenvalue weighted by molar-refractivity contribution is 9.10. The van der Waals surface area contributed by atoms with E-state index in [4.69, 9.17) is 9.47 Å². The van der Waals surface area contributed by atoms with Crippen LogP contribution in [-0.4, -0.2) is 37.1 Å². The van der Waals surface area contributed by atoms with Crippen LogP contribution in [0.5, 0.6) is 0 Å². The molecule has 1 N–H and O–H groups in total. The van der Waals surface area contributed by atoms with Crippen LogP contribution in [0.15, 0.2) is 59.1 Å². The van der Waals surface area contributed by atoms with E-state index in [1.54, 1.807) is 54.6 Å². The van der Waals surface area contributed by atoms with Gasteiger partial charge >= 0.3 is 11.9 Å². The van der Waals surface area contributed by atoms with Crippen molar-refractivity contribution in [1.29, 1.82) is 0 Å². The molecule has 0 aliphatic heterocycles. The first-order valence-electron chi connectivity index (χ1n) is 8.84. The molecule has 0 aliphatic carbocycles. The number of amides is 1. The second kappa shape index (κ2) is 10.6. The first-order valence-corrected chi connectivity index (χ1v) is 9.63. The molecule has 0 bridgehead atoms. The minimum atomic E-state index is -0.815. The Morgan fingerprint density at radius 2 is 1.54 bits per heavy atom. The molecule has 1 unspecified atom stereocenters. The number of benzene rings is 2. The minimum absolute atomic E-state index is 0.0670. The maximum absolute atomic E-state index is 12.4. The molecule has 2 aromatic carbocycles.